The zero-order valence-corrected chi connectivity index (χ0v) is 12.3. The fraction of sp³-hybridized carbons (Fsp3) is 0.188. The predicted octanol–water partition coefficient (Wildman–Crippen LogP) is 4.77. The molecule has 93 valence electrons. The molecule has 0 aliphatic heterocycles. The molecular weight excluding hydrogens is 335 g/mol. The number of hydrogen-bond donors (Lipinski definition) is 0. The van der Waals surface area contributed by atoms with Crippen LogP contribution in [-0.4, -0.2) is 0 Å². The molecule has 1 radical (unpaired) electrons. The molecule has 0 heterocycles. The van der Waals surface area contributed by atoms with Gasteiger partial charge in [-0.25, -0.2) is 0 Å². The van der Waals surface area contributed by atoms with E-state index in [-0.39, 0.29) is 6.10 Å². The van der Waals surface area contributed by atoms with Gasteiger partial charge in [0.25, 0.3) is 0 Å². The highest BCUT2D eigenvalue weighted by molar-refractivity contribution is 14.1. The number of ether oxygens (including phenoxy) is 1. The van der Waals surface area contributed by atoms with Crippen LogP contribution in [0.5, 0.6) is 0 Å². The smallest absolute Gasteiger partial charge is 0.0829 e. The Morgan fingerprint density at radius 1 is 1.06 bits per heavy atom. The maximum Gasteiger partial charge on any atom is 0.0829 e. The predicted molar refractivity (Wildman–Crippen MR) is 83.1 cm³/mol. The average Bonchev–Trinajstić information content (AvgIpc) is 2.41. The van der Waals surface area contributed by atoms with Gasteiger partial charge in [-0.2, -0.15) is 0 Å². The van der Waals surface area contributed by atoms with Crippen LogP contribution in [0.2, 0.25) is 0 Å². The SMILES string of the molecule is [CH2]CC(OCc1cccc(I)c1)c1ccccc1. The lowest BCUT2D eigenvalue weighted by Crippen LogP contribution is -2.03. The summed E-state index contributed by atoms with van der Waals surface area (Å²) in [5.41, 5.74) is 2.40. The molecular formula is C16H16IO. The van der Waals surface area contributed by atoms with Gasteiger partial charge in [-0.3, -0.25) is 0 Å². The Balaban J connectivity index is 2.00. The zero-order valence-electron chi connectivity index (χ0n) is 10.2. The minimum absolute atomic E-state index is 0.0732. The van der Waals surface area contributed by atoms with Crippen molar-refractivity contribution in [2.75, 3.05) is 0 Å². The van der Waals surface area contributed by atoms with Crippen LogP contribution in [0, 0.1) is 10.5 Å². The molecule has 0 saturated carbocycles. The number of halogens is 1. The maximum atomic E-state index is 5.95. The molecule has 18 heavy (non-hydrogen) atoms. The van der Waals surface area contributed by atoms with Crippen LogP contribution in [0.1, 0.15) is 23.7 Å². The van der Waals surface area contributed by atoms with E-state index in [2.05, 4.69) is 65.9 Å². The van der Waals surface area contributed by atoms with Gasteiger partial charge in [0, 0.05) is 3.57 Å². The molecule has 1 unspecified atom stereocenters. The molecule has 0 aliphatic rings. The van der Waals surface area contributed by atoms with Crippen LogP contribution in [0.3, 0.4) is 0 Å². The summed E-state index contributed by atoms with van der Waals surface area (Å²) in [6.07, 6.45) is 0.817. The molecule has 1 nitrogen and oxygen atoms in total. The van der Waals surface area contributed by atoms with E-state index in [1.165, 1.54) is 14.7 Å². The van der Waals surface area contributed by atoms with Gasteiger partial charge in [0.2, 0.25) is 0 Å². The lowest BCUT2D eigenvalue weighted by atomic mass is 10.1. The molecule has 0 spiro atoms. The van der Waals surface area contributed by atoms with E-state index in [0.29, 0.717) is 6.61 Å². The highest BCUT2D eigenvalue weighted by Crippen LogP contribution is 2.22. The topological polar surface area (TPSA) is 9.23 Å². The van der Waals surface area contributed by atoms with Crippen molar-refractivity contribution in [2.24, 2.45) is 0 Å². The highest BCUT2D eigenvalue weighted by Gasteiger charge is 2.09. The van der Waals surface area contributed by atoms with E-state index in [1.54, 1.807) is 0 Å². The van der Waals surface area contributed by atoms with E-state index in [1.807, 2.05) is 18.2 Å². The summed E-state index contributed by atoms with van der Waals surface area (Å²) in [4.78, 5) is 0. The lowest BCUT2D eigenvalue weighted by molar-refractivity contribution is 0.0412. The molecule has 0 aromatic heterocycles. The van der Waals surface area contributed by atoms with Crippen LogP contribution in [0.4, 0.5) is 0 Å². The van der Waals surface area contributed by atoms with E-state index in [9.17, 15) is 0 Å². The van der Waals surface area contributed by atoms with Crippen molar-refractivity contribution in [3.63, 3.8) is 0 Å². The molecule has 0 saturated heterocycles. The first-order valence-corrected chi connectivity index (χ1v) is 7.07. The van der Waals surface area contributed by atoms with Crippen LogP contribution in [-0.2, 0) is 11.3 Å². The van der Waals surface area contributed by atoms with Gasteiger partial charge < -0.3 is 4.74 Å². The fourth-order valence-corrected chi connectivity index (χ4v) is 2.45. The summed E-state index contributed by atoms with van der Waals surface area (Å²) in [5, 5.41) is 0. The van der Waals surface area contributed by atoms with Gasteiger partial charge in [-0.15, -0.1) is 0 Å². The zero-order chi connectivity index (χ0) is 12.8. The average molecular weight is 351 g/mol. The summed E-state index contributed by atoms with van der Waals surface area (Å²) in [6.45, 7) is 4.60. The summed E-state index contributed by atoms with van der Waals surface area (Å²) >= 11 is 2.32. The summed E-state index contributed by atoms with van der Waals surface area (Å²) in [7, 11) is 0. The molecule has 0 aliphatic carbocycles. The van der Waals surface area contributed by atoms with Crippen molar-refractivity contribution in [1.82, 2.24) is 0 Å². The van der Waals surface area contributed by atoms with Gasteiger partial charge in [-0.1, -0.05) is 49.4 Å². The van der Waals surface area contributed by atoms with Crippen molar-refractivity contribution in [1.29, 1.82) is 0 Å². The third kappa shape index (κ3) is 3.82. The van der Waals surface area contributed by atoms with Gasteiger partial charge in [0.1, 0.15) is 0 Å². The first kappa shape index (κ1) is 13.6. The Kier molecular flexibility index (Phi) is 5.20. The monoisotopic (exact) mass is 351 g/mol. The first-order valence-electron chi connectivity index (χ1n) is 6.00. The van der Waals surface area contributed by atoms with E-state index >= 15 is 0 Å². The molecule has 2 heteroatoms. The Morgan fingerprint density at radius 3 is 2.50 bits per heavy atom. The Labute approximate surface area is 122 Å². The normalized spacial score (nSPS) is 12.3. The van der Waals surface area contributed by atoms with Gasteiger partial charge in [0.05, 0.1) is 12.7 Å². The molecule has 2 aromatic carbocycles. The maximum absolute atomic E-state index is 5.95. The summed E-state index contributed by atoms with van der Waals surface area (Å²) in [6, 6.07) is 18.6. The minimum atomic E-state index is 0.0732. The standard InChI is InChI=1S/C16H16IO/c1-2-16(14-8-4-3-5-9-14)18-12-13-7-6-10-15(17)11-13/h3-11,16H,1-2,12H2. The highest BCUT2D eigenvalue weighted by atomic mass is 127. The quantitative estimate of drug-likeness (QED) is 0.705. The minimum Gasteiger partial charge on any atom is -0.369 e. The van der Waals surface area contributed by atoms with Crippen LogP contribution < -0.4 is 0 Å². The number of benzene rings is 2. The van der Waals surface area contributed by atoms with Crippen molar-refractivity contribution >= 4 is 22.6 Å². The molecule has 0 fully saturated rings. The van der Waals surface area contributed by atoms with Gasteiger partial charge in [-0.05, 0) is 52.3 Å². The molecule has 0 amide bonds. The first-order chi connectivity index (χ1) is 8.79. The molecule has 0 bridgehead atoms. The van der Waals surface area contributed by atoms with Crippen LogP contribution >= 0.6 is 22.6 Å². The van der Waals surface area contributed by atoms with Gasteiger partial charge >= 0.3 is 0 Å². The second kappa shape index (κ2) is 6.90. The second-order valence-electron chi connectivity index (χ2n) is 4.13. The third-order valence-electron chi connectivity index (χ3n) is 2.77. The van der Waals surface area contributed by atoms with Crippen molar-refractivity contribution < 1.29 is 4.74 Å². The Bertz CT molecular complexity index is 481. The molecule has 0 N–H and O–H groups in total. The number of rotatable bonds is 5. The van der Waals surface area contributed by atoms with Crippen LogP contribution in [0.25, 0.3) is 0 Å². The van der Waals surface area contributed by atoms with Gasteiger partial charge in [0.15, 0.2) is 0 Å². The largest absolute Gasteiger partial charge is 0.369 e. The van der Waals surface area contributed by atoms with E-state index in [0.717, 1.165) is 6.42 Å². The molecule has 2 rings (SSSR count). The summed E-state index contributed by atoms with van der Waals surface area (Å²) in [5.74, 6) is 0. The third-order valence-corrected chi connectivity index (χ3v) is 3.44. The van der Waals surface area contributed by atoms with E-state index < -0.39 is 0 Å². The Hall–Kier alpha value is -0.870. The molecule has 2 aromatic rings. The van der Waals surface area contributed by atoms with Crippen molar-refractivity contribution in [3.05, 3.63) is 76.2 Å². The van der Waals surface area contributed by atoms with Crippen LogP contribution in [0.15, 0.2) is 54.6 Å². The molecule has 1 atom stereocenters. The lowest BCUT2D eigenvalue weighted by Gasteiger charge is -2.16. The fourth-order valence-electron chi connectivity index (χ4n) is 1.84. The number of hydrogen-bond acceptors (Lipinski definition) is 1. The van der Waals surface area contributed by atoms with Crippen molar-refractivity contribution in [3.8, 4) is 0 Å². The van der Waals surface area contributed by atoms with Crippen molar-refractivity contribution in [2.45, 2.75) is 19.1 Å². The Morgan fingerprint density at radius 2 is 1.83 bits per heavy atom. The summed E-state index contributed by atoms with van der Waals surface area (Å²) < 4.78 is 7.19. The van der Waals surface area contributed by atoms with E-state index in [4.69, 9.17) is 4.74 Å². The second-order valence-corrected chi connectivity index (χ2v) is 5.37.